The molecule has 1 fully saturated rings. The quantitative estimate of drug-likeness (QED) is 0.933. The molecule has 108 valence electrons. The molecular formula is C13H22N2O2S2. The summed E-state index contributed by atoms with van der Waals surface area (Å²) in [4.78, 5) is 1.22. The van der Waals surface area contributed by atoms with Gasteiger partial charge >= 0.3 is 0 Å². The Labute approximate surface area is 119 Å². The SMILES string of the molecule is Cc1csc(CN)c1S(=O)(=O)N1CCCCCC1C. The van der Waals surface area contributed by atoms with E-state index in [1.165, 1.54) is 11.3 Å². The van der Waals surface area contributed by atoms with E-state index in [1.807, 2.05) is 19.2 Å². The number of rotatable bonds is 3. The van der Waals surface area contributed by atoms with Crippen molar-refractivity contribution in [3.05, 3.63) is 15.8 Å². The van der Waals surface area contributed by atoms with Crippen molar-refractivity contribution in [2.24, 2.45) is 5.73 Å². The monoisotopic (exact) mass is 302 g/mol. The van der Waals surface area contributed by atoms with Crippen LogP contribution in [0.2, 0.25) is 0 Å². The van der Waals surface area contributed by atoms with E-state index in [0.29, 0.717) is 11.4 Å². The smallest absolute Gasteiger partial charge is 0.244 e. The van der Waals surface area contributed by atoms with Crippen molar-refractivity contribution in [1.29, 1.82) is 0 Å². The van der Waals surface area contributed by atoms with Gasteiger partial charge < -0.3 is 5.73 Å². The molecule has 6 heteroatoms. The molecule has 19 heavy (non-hydrogen) atoms. The molecule has 0 aliphatic carbocycles. The second-order valence-corrected chi connectivity index (χ2v) is 7.98. The van der Waals surface area contributed by atoms with Crippen LogP contribution in [0.1, 0.15) is 43.0 Å². The number of aryl methyl sites for hydroxylation is 1. The Morgan fingerprint density at radius 2 is 2.16 bits per heavy atom. The minimum atomic E-state index is -3.40. The normalized spacial score (nSPS) is 22.4. The van der Waals surface area contributed by atoms with Crippen LogP contribution in [0, 0.1) is 6.92 Å². The zero-order chi connectivity index (χ0) is 14.0. The summed E-state index contributed by atoms with van der Waals surface area (Å²) in [5.74, 6) is 0. The summed E-state index contributed by atoms with van der Waals surface area (Å²) >= 11 is 1.44. The third kappa shape index (κ3) is 2.86. The third-order valence-electron chi connectivity index (χ3n) is 3.73. The van der Waals surface area contributed by atoms with Gasteiger partial charge in [0.15, 0.2) is 0 Å². The van der Waals surface area contributed by atoms with Crippen LogP contribution in [-0.4, -0.2) is 25.3 Å². The van der Waals surface area contributed by atoms with E-state index in [1.54, 1.807) is 4.31 Å². The van der Waals surface area contributed by atoms with Crippen LogP contribution in [-0.2, 0) is 16.6 Å². The predicted molar refractivity (Wildman–Crippen MR) is 78.8 cm³/mol. The molecule has 0 saturated carbocycles. The van der Waals surface area contributed by atoms with Gasteiger partial charge in [-0.25, -0.2) is 8.42 Å². The Bertz CT molecular complexity index is 537. The first-order valence-electron chi connectivity index (χ1n) is 6.77. The molecule has 2 N–H and O–H groups in total. The first kappa shape index (κ1) is 15.0. The van der Waals surface area contributed by atoms with E-state index < -0.39 is 10.0 Å². The van der Waals surface area contributed by atoms with Crippen molar-refractivity contribution in [3.63, 3.8) is 0 Å². The lowest BCUT2D eigenvalue weighted by molar-refractivity contribution is 0.342. The molecule has 1 aromatic heterocycles. The Balaban J connectivity index is 2.43. The van der Waals surface area contributed by atoms with E-state index in [2.05, 4.69) is 0 Å². The minimum absolute atomic E-state index is 0.0809. The second kappa shape index (κ2) is 5.91. The van der Waals surface area contributed by atoms with Gasteiger partial charge in [0.25, 0.3) is 0 Å². The molecule has 1 aromatic rings. The lowest BCUT2D eigenvalue weighted by atomic mass is 10.1. The molecule has 0 bridgehead atoms. The van der Waals surface area contributed by atoms with Crippen molar-refractivity contribution in [3.8, 4) is 0 Å². The Kier molecular flexibility index (Phi) is 4.66. The van der Waals surface area contributed by atoms with Gasteiger partial charge in [-0.1, -0.05) is 12.8 Å². The largest absolute Gasteiger partial charge is 0.326 e. The summed E-state index contributed by atoms with van der Waals surface area (Å²) in [5.41, 5.74) is 6.50. The van der Waals surface area contributed by atoms with E-state index >= 15 is 0 Å². The topological polar surface area (TPSA) is 63.4 Å². The molecule has 2 heterocycles. The predicted octanol–water partition coefficient (Wildman–Crippen LogP) is 2.47. The molecule has 1 aliphatic heterocycles. The summed E-state index contributed by atoms with van der Waals surface area (Å²) in [5, 5.41) is 1.89. The van der Waals surface area contributed by atoms with E-state index in [-0.39, 0.29) is 12.6 Å². The summed E-state index contributed by atoms with van der Waals surface area (Å²) in [6.45, 7) is 4.77. The molecule has 1 unspecified atom stereocenters. The van der Waals surface area contributed by atoms with Gasteiger partial charge in [-0.15, -0.1) is 11.3 Å². The van der Waals surface area contributed by atoms with Crippen LogP contribution in [0.4, 0.5) is 0 Å². The zero-order valence-corrected chi connectivity index (χ0v) is 13.2. The lowest BCUT2D eigenvalue weighted by Gasteiger charge is -2.26. The van der Waals surface area contributed by atoms with Crippen LogP contribution in [0.15, 0.2) is 10.3 Å². The first-order chi connectivity index (χ1) is 8.98. The number of hydrogen-bond acceptors (Lipinski definition) is 4. The molecular weight excluding hydrogens is 280 g/mol. The lowest BCUT2D eigenvalue weighted by Crippen LogP contribution is -2.38. The van der Waals surface area contributed by atoms with E-state index in [4.69, 9.17) is 5.73 Å². The highest BCUT2D eigenvalue weighted by Gasteiger charge is 2.33. The summed E-state index contributed by atoms with van der Waals surface area (Å²) in [6.07, 6.45) is 4.12. The molecule has 0 spiro atoms. The molecule has 0 aromatic carbocycles. The first-order valence-corrected chi connectivity index (χ1v) is 9.09. The van der Waals surface area contributed by atoms with Gasteiger partial charge in [0, 0.05) is 24.0 Å². The van der Waals surface area contributed by atoms with Gasteiger partial charge in [0.05, 0.1) is 0 Å². The molecule has 4 nitrogen and oxygen atoms in total. The van der Waals surface area contributed by atoms with Gasteiger partial charge in [-0.3, -0.25) is 0 Å². The maximum absolute atomic E-state index is 12.9. The fourth-order valence-electron chi connectivity index (χ4n) is 2.70. The van der Waals surface area contributed by atoms with Crippen molar-refractivity contribution in [2.45, 2.75) is 57.0 Å². The van der Waals surface area contributed by atoms with Gasteiger partial charge in [0.1, 0.15) is 4.90 Å². The van der Waals surface area contributed by atoms with Crippen molar-refractivity contribution < 1.29 is 8.42 Å². The average molecular weight is 302 g/mol. The highest BCUT2D eigenvalue weighted by atomic mass is 32.2. The van der Waals surface area contributed by atoms with Gasteiger partial charge in [-0.05, 0) is 37.6 Å². The molecule has 1 aliphatic rings. The fourth-order valence-corrected chi connectivity index (χ4v) is 6.05. The van der Waals surface area contributed by atoms with Crippen LogP contribution in [0.3, 0.4) is 0 Å². The van der Waals surface area contributed by atoms with E-state index in [0.717, 1.165) is 36.1 Å². The summed E-state index contributed by atoms with van der Waals surface area (Å²) in [7, 11) is -3.40. The molecule has 2 rings (SSSR count). The van der Waals surface area contributed by atoms with Crippen molar-refractivity contribution in [1.82, 2.24) is 4.31 Å². The van der Waals surface area contributed by atoms with Gasteiger partial charge in [-0.2, -0.15) is 4.31 Å². The number of nitrogens with two attached hydrogens (primary N) is 1. The number of thiophene rings is 1. The highest BCUT2D eigenvalue weighted by Crippen LogP contribution is 2.32. The molecule has 1 saturated heterocycles. The van der Waals surface area contributed by atoms with Crippen LogP contribution in [0.5, 0.6) is 0 Å². The average Bonchev–Trinajstić information content (AvgIpc) is 2.60. The van der Waals surface area contributed by atoms with Crippen LogP contribution >= 0.6 is 11.3 Å². The highest BCUT2D eigenvalue weighted by molar-refractivity contribution is 7.89. The van der Waals surface area contributed by atoms with Gasteiger partial charge in [0.2, 0.25) is 10.0 Å². The minimum Gasteiger partial charge on any atom is -0.326 e. The summed E-state index contributed by atoms with van der Waals surface area (Å²) < 4.78 is 27.5. The number of hydrogen-bond donors (Lipinski definition) is 1. The molecule has 0 radical (unpaired) electrons. The van der Waals surface area contributed by atoms with Crippen LogP contribution in [0.25, 0.3) is 0 Å². The Morgan fingerprint density at radius 1 is 1.42 bits per heavy atom. The maximum Gasteiger partial charge on any atom is 0.244 e. The molecule has 0 amide bonds. The van der Waals surface area contributed by atoms with Crippen LogP contribution < -0.4 is 5.73 Å². The maximum atomic E-state index is 12.9. The standard InChI is InChI=1S/C13H22N2O2S2/c1-10-9-18-12(8-14)13(10)19(16,17)15-7-5-3-4-6-11(15)2/h9,11H,3-8,14H2,1-2H3. The second-order valence-electron chi connectivity index (χ2n) is 5.19. The number of nitrogens with zero attached hydrogens (tertiary/aromatic N) is 1. The van der Waals surface area contributed by atoms with E-state index in [9.17, 15) is 8.42 Å². The zero-order valence-electron chi connectivity index (χ0n) is 11.6. The Hall–Kier alpha value is -0.430. The van der Waals surface area contributed by atoms with Crippen molar-refractivity contribution in [2.75, 3.05) is 6.54 Å². The molecule has 1 atom stereocenters. The van der Waals surface area contributed by atoms with Crippen molar-refractivity contribution >= 4 is 21.4 Å². The number of sulfonamides is 1. The Morgan fingerprint density at radius 3 is 2.84 bits per heavy atom. The third-order valence-corrected chi connectivity index (χ3v) is 7.23. The summed E-state index contributed by atoms with van der Waals surface area (Å²) in [6, 6.07) is 0.0809. The fraction of sp³-hybridized carbons (Fsp3) is 0.692.